The Morgan fingerprint density at radius 1 is 0.886 bits per heavy atom. The van der Waals surface area contributed by atoms with Gasteiger partial charge in [0.05, 0.1) is 6.10 Å². The normalized spacial score (nSPS) is 44.1. The van der Waals surface area contributed by atoms with Crippen LogP contribution in [-0.2, 0) is 9.59 Å². The van der Waals surface area contributed by atoms with Crippen LogP contribution >= 0.6 is 0 Å². The van der Waals surface area contributed by atoms with Crippen molar-refractivity contribution in [1.29, 1.82) is 0 Å². The van der Waals surface area contributed by atoms with E-state index in [9.17, 15) is 19.8 Å². The maximum Gasteiger partial charge on any atom is 0.210 e. The van der Waals surface area contributed by atoms with Crippen molar-refractivity contribution in [3.8, 4) is 0 Å². The molecule has 1 heterocycles. The maximum atomic E-state index is 14.2. The Balaban J connectivity index is 0.000000289. The highest BCUT2D eigenvalue weighted by molar-refractivity contribution is 5.95. The SMILES string of the molecule is CC1(C(=O)[O-])CCC2(C)CCC3(C)C(=CC(=O)C4C5(C)CCC(O)C(C)(C)C5CCC43C)[C@@H]2C1.c1ccc2[nH+]cccc2c1. The number of carboxylic acid groups (broad SMARTS) is 1. The summed E-state index contributed by atoms with van der Waals surface area (Å²) in [6.07, 6.45) is 11.6. The van der Waals surface area contributed by atoms with E-state index in [0.29, 0.717) is 18.8 Å². The van der Waals surface area contributed by atoms with Crippen LogP contribution in [0.5, 0.6) is 0 Å². The van der Waals surface area contributed by atoms with Crippen molar-refractivity contribution in [2.45, 2.75) is 112 Å². The number of aliphatic hydroxyl groups excluding tert-OH is 1. The van der Waals surface area contributed by atoms with Crippen molar-refractivity contribution >= 4 is 22.7 Å². The summed E-state index contributed by atoms with van der Waals surface area (Å²) in [5.74, 6) is -0.266. The van der Waals surface area contributed by atoms with Crippen LogP contribution in [0.15, 0.2) is 54.2 Å². The third kappa shape index (κ3) is 4.38. The molecular weight excluding hydrogens is 546 g/mol. The molecule has 2 N–H and O–H groups in total. The number of nitrogens with one attached hydrogen (secondary N) is 1. The van der Waals surface area contributed by atoms with Crippen molar-refractivity contribution < 1.29 is 24.8 Å². The number of ketones is 1. The number of benzene rings is 1. The number of aliphatic hydroxyl groups is 1. The van der Waals surface area contributed by atoms with E-state index in [1.807, 2.05) is 37.4 Å². The smallest absolute Gasteiger partial charge is 0.210 e. The Morgan fingerprint density at radius 2 is 1.57 bits per heavy atom. The Kier molecular flexibility index (Phi) is 7.32. The molecule has 44 heavy (non-hydrogen) atoms. The Hall–Kier alpha value is -2.53. The molecular formula is C39H53NO4. The molecule has 4 fully saturated rings. The number of carboxylic acids is 1. The number of para-hydroxylation sites is 1. The average molecular weight is 600 g/mol. The quantitative estimate of drug-likeness (QED) is 0.393. The Bertz CT molecular complexity index is 1450. The van der Waals surface area contributed by atoms with Gasteiger partial charge >= 0.3 is 0 Å². The number of aromatic nitrogens is 1. The van der Waals surface area contributed by atoms with Crippen LogP contribution in [0.4, 0.5) is 0 Å². The topological polar surface area (TPSA) is 91.6 Å². The first-order valence-electron chi connectivity index (χ1n) is 17.0. The number of allylic oxidation sites excluding steroid dienone is 2. The molecule has 7 rings (SSSR count). The molecule has 0 aliphatic heterocycles. The third-order valence-electron chi connectivity index (χ3n) is 14.6. The number of carbonyl (C=O) groups is 2. The highest BCUT2D eigenvalue weighted by atomic mass is 16.4. The molecule has 0 amide bonds. The zero-order valence-electron chi connectivity index (χ0n) is 28.0. The molecule has 8 unspecified atom stereocenters. The minimum absolute atomic E-state index is 0.0419. The second-order valence-electron chi connectivity index (χ2n) is 17.2. The van der Waals surface area contributed by atoms with Gasteiger partial charge in [-0.25, -0.2) is 4.98 Å². The van der Waals surface area contributed by atoms with Crippen LogP contribution in [-0.4, -0.2) is 23.0 Å². The van der Waals surface area contributed by atoms with Crippen LogP contribution in [0.1, 0.15) is 106 Å². The van der Waals surface area contributed by atoms with E-state index in [4.69, 9.17) is 0 Å². The second-order valence-corrected chi connectivity index (χ2v) is 17.2. The standard InChI is InChI=1S/C30H46O4.C9H7N/c1-25(2)21-8-11-30(7)23(28(21,5)10-9-22(25)32)20(31)16-18-19-17-27(4,24(33)34)13-12-26(19,3)14-15-29(18,30)6;1-2-6-9-8(4-1)5-3-7-10-9/h16,19,21-23,32H,8-15,17H2,1-7H3,(H,33,34);1-7H/t19-,21?,22?,23?,26?,27?,28?,29?,30?;/m0./s1. The molecule has 1 aromatic heterocycles. The van der Waals surface area contributed by atoms with E-state index in [1.165, 1.54) is 16.5 Å². The van der Waals surface area contributed by atoms with Gasteiger partial charge < -0.3 is 15.0 Å². The van der Waals surface area contributed by atoms with Gasteiger partial charge in [-0.05, 0) is 115 Å². The molecule has 4 saturated carbocycles. The van der Waals surface area contributed by atoms with Crippen LogP contribution in [0, 0.1) is 50.2 Å². The van der Waals surface area contributed by atoms with E-state index >= 15 is 0 Å². The van der Waals surface area contributed by atoms with Crippen molar-refractivity contribution in [3.63, 3.8) is 0 Å². The monoisotopic (exact) mass is 599 g/mol. The summed E-state index contributed by atoms with van der Waals surface area (Å²) in [4.78, 5) is 29.5. The largest absolute Gasteiger partial charge is 0.550 e. The lowest BCUT2D eigenvalue weighted by Gasteiger charge is -2.70. The third-order valence-corrected chi connectivity index (χ3v) is 14.6. The van der Waals surface area contributed by atoms with E-state index in [-0.39, 0.29) is 50.8 Å². The fourth-order valence-electron chi connectivity index (χ4n) is 11.4. The number of rotatable bonds is 1. The summed E-state index contributed by atoms with van der Waals surface area (Å²) in [6.45, 7) is 15.7. The number of fused-ring (bicyclic) bond motifs is 8. The van der Waals surface area contributed by atoms with Gasteiger partial charge in [0, 0.05) is 34.8 Å². The van der Waals surface area contributed by atoms with E-state index < -0.39 is 11.4 Å². The summed E-state index contributed by atoms with van der Waals surface area (Å²) in [5.41, 5.74) is 1.11. The number of H-pyrrole nitrogens is 1. The average Bonchev–Trinajstić information content (AvgIpc) is 2.97. The van der Waals surface area contributed by atoms with Crippen molar-refractivity contribution in [2.24, 2.45) is 50.2 Å². The lowest BCUT2D eigenvalue weighted by Crippen LogP contribution is -2.66. The molecule has 5 heteroatoms. The van der Waals surface area contributed by atoms with Gasteiger partial charge in [0.2, 0.25) is 5.52 Å². The highest BCUT2D eigenvalue weighted by Crippen LogP contribution is 2.75. The molecule has 0 radical (unpaired) electrons. The van der Waals surface area contributed by atoms with Crippen LogP contribution < -0.4 is 10.1 Å². The first-order valence-corrected chi connectivity index (χ1v) is 17.0. The summed E-state index contributed by atoms with van der Waals surface area (Å²) in [6, 6.07) is 12.3. The van der Waals surface area contributed by atoms with E-state index in [0.717, 1.165) is 44.9 Å². The number of aromatic amines is 1. The number of aliphatic carboxylic acids is 1. The summed E-state index contributed by atoms with van der Waals surface area (Å²) in [5, 5.41) is 24.2. The van der Waals surface area contributed by atoms with Gasteiger partial charge in [-0.15, -0.1) is 0 Å². The van der Waals surface area contributed by atoms with Gasteiger partial charge in [-0.2, -0.15) is 0 Å². The first-order chi connectivity index (χ1) is 20.5. The van der Waals surface area contributed by atoms with Crippen molar-refractivity contribution in [2.75, 3.05) is 0 Å². The first kappa shape index (κ1) is 31.5. The Morgan fingerprint density at radius 3 is 2.27 bits per heavy atom. The maximum absolute atomic E-state index is 14.2. The second kappa shape index (κ2) is 10.2. The molecule has 2 aromatic rings. The van der Waals surface area contributed by atoms with E-state index in [1.54, 1.807) is 0 Å². The lowest BCUT2D eigenvalue weighted by molar-refractivity contribution is -0.344. The molecule has 9 atom stereocenters. The molecule has 5 aliphatic rings. The number of hydrogen-bond donors (Lipinski definition) is 1. The zero-order chi connectivity index (χ0) is 31.9. The summed E-state index contributed by atoms with van der Waals surface area (Å²) >= 11 is 0. The van der Waals surface area contributed by atoms with Gasteiger partial charge in [0.15, 0.2) is 12.0 Å². The number of hydrogen-bond acceptors (Lipinski definition) is 4. The number of pyridine rings is 1. The molecule has 0 spiro atoms. The molecule has 0 saturated heterocycles. The van der Waals surface area contributed by atoms with Gasteiger partial charge in [0.1, 0.15) is 0 Å². The summed E-state index contributed by atoms with van der Waals surface area (Å²) < 4.78 is 0. The predicted octanol–water partition coefficient (Wildman–Crippen LogP) is 6.73. The van der Waals surface area contributed by atoms with Crippen LogP contribution in [0.25, 0.3) is 10.9 Å². The molecule has 5 nitrogen and oxygen atoms in total. The van der Waals surface area contributed by atoms with Crippen LogP contribution in [0.2, 0.25) is 0 Å². The van der Waals surface area contributed by atoms with Crippen molar-refractivity contribution in [3.05, 3.63) is 54.2 Å². The minimum atomic E-state index is -0.940. The predicted molar refractivity (Wildman–Crippen MR) is 171 cm³/mol. The van der Waals surface area contributed by atoms with Crippen LogP contribution in [0.3, 0.4) is 0 Å². The van der Waals surface area contributed by atoms with Gasteiger partial charge in [-0.3, -0.25) is 4.79 Å². The van der Waals surface area contributed by atoms with Crippen molar-refractivity contribution in [1.82, 2.24) is 0 Å². The molecule has 1 aromatic carbocycles. The summed E-state index contributed by atoms with van der Waals surface area (Å²) in [7, 11) is 0. The fraction of sp³-hybridized carbons (Fsp3) is 0.667. The zero-order valence-corrected chi connectivity index (χ0v) is 28.0. The molecule has 238 valence electrons. The van der Waals surface area contributed by atoms with E-state index in [2.05, 4.69) is 64.7 Å². The molecule has 0 bridgehead atoms. The fourth-order valence-corrected chi connectivity index (χ4v) is 11.4. The molecule has 5 aliphatic carbocycles. The highest BCUT2D eigenvalue weighted by Gasteiger charge is 2.70. The Labute approximate surface area is 263 Å². The lowest BCUT2D eigenvalue weighted by atomic mass is 9.33. The minimum Gasteiger partial charge on any atom is -0.550 e. The number of carbonyl (C=O) groups excluding carboxylic acids is 2. The van der Waals surface area contributed by atoms with Gasteiger partial charge in [-0.1, -0.05) is 66.2 Å². The van der Waals surface area contributed by atoms with Gasteiger partial charge in [0.25, 0.3) is 0 Å².